The molecule has 0 aliphatic heterocycles. The molecule has 2 rings (SSSR count). The number of methoxy groups -OCH3 is 2. The van der Waals surface area contributed by atoms with Gasteiger partial charge in [0.05, 0.1) is 20.3 Å². The van der Waals surface area contributed by atoms with Crippen molar-refractivity contribution in [3.63, 3.8) is 0 Å². The minimum Gasteiger partial charge on any atom is -0.493 e. The highest BCUT2D eigenvalue weighted by molar-refractivity contribution is 5.92. The van der Waals surface area contributed by atoms with Gasteiger partial charge in [-0.25, -0.2) is 0 Å². The monoisotopic (exact) mass is 357 g/mol. The Kier molecular flexibility index (Phi) is 7.76. The molecule has 0 saturated heterocycles. The highest BCUT2D eigenvalue weighted by Gasteiger charge is 2.07. The van der Waals surface area contributed by atoms with Crippen LogP contribution in [0.25, 0.3) is 0 Å². The molecule has 2 aromatic rings. The Hall–Kier alpha value is -2.73. The van der Waals surface area contributed by atoms with Gasteiger partial charge in [-0.15, -0.1) is 0 Å². The van der Waals surface area contributed by atoms with E-state index in [9.17, 15) is 0 Å². The van der Waals surface area contributed by atoms with Crippen molar-refractivity contribution in [2.45, 2.75) is 13.5 Å². The molecule has 0 amide bonds. The Morgan fingerprint density at radius 1 is 1.08 bits per heavy atom. The highest BCUT2D eigenvalue weighted by Crippen LogP contribution is 2.26. The second kappa shape index (κ2) is 10.3. The Bertz CT molecular complexity index is 719. The van der Waals surface area contributed by atoms with Gasteiger partial charge in [-0.3, -0.25) is 4.99 Å². The Balaban J connectivity index is 1.86. The zero-order valence-electron chi connectivity index (χ0n) is 15.6. The smallest absolute Gasteiger partial charge is 0.193 e. The Labute approximate surface area is 155 Å². The van der Waals surface area contributed by atoms with Crippen LogP contribution in [0.15, 0.2) is 53.5 Å². The molecule has 0 aliphatic carbocycles. The van der Waals surface area contributed by atoms with Crippen LogP contribution in [0.5, 0.6) is 11.5 Å². The maximum atomic E-state index is 6.01. The molecule has 1 unspecified atom stereocenters. The molecule has 6 heteroatoms. The normalized spacial score (nSPS) is 12.5. The molecule has 0 aromatic heterocycles. The minimum absolute atomic E-state index is 0.203. The molecule has 0 saturated carbocycles. The third-order valence-corrected chi connectivity index (χ3v) is 3.75. The molecule has 0 heterocycles. The van der Waals surface area contributed by atoms with E-state index in [1.54, 1.807) is 14.2 Å². The average Bonchev–Trinajstić information content (AvgIpc) is 2.66. The van der Waals surface area contributed by atoms with Gasteiger partial charge < -0.3 is 25.3 Å². The van der Waals surface area contributed by atoms with Gasteiger partial charge >= 0.3 is 0 Å². The first-order valence-corrected chi connectivity index (χ1v) is 8.53. The maximum Gasteiger partial charge on any atom is 0.193 e. The fourth-order valence-electron chi connectivity index (χ4n) is 2.38. The van der Waals surface area contributed by atoms with E-state index < -0.39 is 0 Å². The van der Waals surface area contributed by atoms with E-state index in [2.05, 4.69) is 17.2 Å². The lowest BCUT2D eigenvalue weighted by Gasteiger charge is -2.14. The first-order valence-electron chi connectivity index (χ1n) is 8.53. The van der Waals surface area contributed by atoms with E-state index in [0.717, 1.165) is 22.7 Å². The number of guanidine groups is 1. The molecule has 2 aromatic carbocycles. The number of hydrogen-bond acceptors (Lipinski definition) is 4. The molecule has 3 N–H and O–H groups in total. The van der Waals surface area contributed by atoms with Crippen molar-refractivity contribution in [1.29, 1.82) is 0 Å². The summed E-state index contributed by atoms with van der Waals surface area (Å²) in [4.78, 5) is 4.41. The number of rotatable bonds is 9. The van der Waals surface area contributed by atoms with Crippen LogP contribution < -0.4 is 20.5 Å². The van der Waals surface area contributed by atoms with Crippen LogP contribution in [0.2, 0.25) is 0 Å². The van der Waals surface area contributed by atoms with Crippen LogP contribution >= 0.6 is 0 Å². The Morgan fingerprint density at radius 3 is 2.50 bits per heavy atom. The molecule has 1 atom stereocenters. The second-order valence-electron chi connectivity index (χ2n) is 6.01. The number of para-hydroxylation sites is 3. The summed E-state index contributed by atoms with van der Waals surface area (Å²) in [5.41, 5.74) is 7.93. The molecule has 6 nitrogen and oxygen atoms in total. The zero-order valence-corrected chi connectivity index (χ0v) is 15.6. The molecule has 0 radical (unpaired) electrons. The number of nitrogens with two attached hydrogens (primary N) is 1. The summed E-state index contributed by atoms with van der Waals surface area (Å²) >= 11 is 0. The van der Waals surface area contributed by atoms with Gasteiger partial charge in [0.25, 0.3) is 0 Å². The van der Waals surface area contributed by atoms with Gasteiger partial charge in [0.15, 0.2) is 17.5 Å². The van der Waals surface area contributed by atoms with Crippen molar-refractivity contribution in [3.8, 4) is 11.5 Å². The van der Waals surface area contributed by atoms with Crippen LogP contribution in [0, 0.1) is 5.92 Å². The molecule has 0 fully saturated rings. The lowest BCUT2D eigenvalue weighted by atomic mass is 10.2. The number of nitrogens with zero attached hydrogens (tertiary/aromatic N) is 1. The predicted molar refractivity (Wildman–Crippen MR) is 105 cm³/mol. The zero-order chi connectivity index (χ0) is 18.8. The molecule has 26 heavy (non-hydrogen) atoms. The molecular formula is C20H27N3O3. The summed E-state index contributed by atoms with van der Waals surface area (Å²) in [6, 6.07) is 15.4. The maximum absolute atomic E-state index is 6.01. The van der Waals surface area contributed by atoms with Crippen LogP contribution in [0.3, 0.4) is 0 Å². The highest BCUT2D eigenvalue weighted by atomic mass is 16.5. The lowest BCUT2D eigenvalue weighted by Crippen LogP contribution is -2.25. The summed E-state index contributed by atoms with van der Waals surface area (Å²) in [6.45, 7) is 3.66. The van der Waals surface area contributed by atoms with Gasteiger partial charge in [-0.2, -0.15) is 0 Å². The van der Waals surface area contributed by atoms with Crippen LogP contribution in [0.1, 0.15) is 12.5 Å². The summed E-state index contributed by atoms with van der Waals surface area (Å²) in [7, 11) is 3.29. The van der Waals surface area contributed by atoms with Crippen molar-refractivity contribution < 1.29 is 14.2 Å². The standard InChI is InChI=1S/C20H27N3O3/c1-15(13-26-19-11-7-6-10-18(19)25-3)12-22-20(21)23-17-9-5-4-8-16(17)14-24-2/h4-11,15H,12-14H2,1-3H3,(H3,21,22,23). The predicted octanol–water partition coefficient (Wildman–Crippen LogP) is 3.28. The van der Waals surface area contributed by atoms with Crippen LogP contribution in [-0.4, -0.2) is 33.3 Å². The minimum atomic E-state index is 0.203. The lowest BCUT2D eigenvalue weighted by molar-refractivity contribution is 0.185. The first-order chi connectivity index (χ1) is 12.6. The summed E-state index contributed by atoms with van der Waals surface area (Å²) < 4.78 is 16.3. The quantitative estimate of drug-likeness (QED) is 0.532. The molecule has 0 spiro atoms. The number of ether oxygens (including phenoxy) is 3. The van der Waals surface area contributed by atoms with Gasteiger partial charge in [-0.05, 0) is 18.2 Å². The second-order valence-corrected chi connectivity index (χ2v) is 6.01. The van der Waals surface area contributed by atoms with Crippen molar-refractivity contribution in [1.82, 2.24) is 0 Å². The summed E-state index contributed by atoms with van der Waals surface area (Å²) in [5.74, 6) is 2.02. The number of anilines is 1. The van der Waals surface area contributed by atoms with E-state index in [1.165, 1.54) is 0 Å². The van der Waals surface area contributed by atoms with Crippen LogP contribution in [0.4, 0.5) is 5.69 Å². The van der Waals surface area contributed by atoms with Crippen molar-refractivity contribution in [2.24, 2.45) is 16.6 Å². The third kappa shape index (κ3) is 5.97. The number of nitrogens with one attached hydrogen (secondary N) is 1. The van der Waals surface area contributed by atoms with Crippen molar-refractivity contribution >= 4 is 11.6 Å². The molecule has 0 bridgehead atoms. The van der Waals surface area contributed by atoms with Gasteiger partial charge in [0.2, 0.25) is 0 Å². The van der Waals surface area contributed by atoms with E-state index in [-0.39, 0.29) is 5.92 Å². The van der Waals surface area contributed by atoms with E-state index in [0.29, 0.717) is 25.7 Å². The molecule has 140 valence electrons. The fourth-order valence-corrected chi connectivity index (χ4v) is 2.38. The average molecular weight is 357 g/mol. The molecule has 0 aliphatic rings. The van der Waals surface area contributed by atoms with Crippen molar-refractivity contribution in [3.05, 3.63) is 54.1 Å². The number of aliphatic imine (C=N–C) groups is 1. The van der Waals surface area contributed by atoms with E-state index in [4.69, 9.17) is 19.9 Å². The fraction of sp³-hybridized carbons (Fsp3) is 0.350. The van der Waals surface area contributed by atoms with E-state index in [1.807, 2.05) is 48.5 Å². The number of benzene rings is 2. The summed E-state index contributed by atoms with van der Waals surface area (Å²) in [6.07, 6.45) is 0. The van der Waals surface area contributed by atoms with Gasteiger partial charge in [0, 0.05) is 30.8 Å². The third-order valence-electron chi connectivity index (χ3n) is 3.75. The van der Waals surface area contributed by atoms with Gasteiger partial charge in [-0.1, -0.05) is 37.3 Å². The SMILES string of the molecule is COCc1ccccc1NC(N)=NCC(C)COc1ccccc1OC. The summed E-state index contributed by atoms with van der Waals surface area (Å²) in [5, 5.41) is 3.13. The van der Waals surface area contributed by atoms with Gasteiger partial charge in [0.1, 0.15) is 0 Å². The number of hydrogen-bond donors (Lipinski definition) is 2. The van der Waals surface area contributed by atoms with E-state index >= 15 is 0 Å². The topological polar surface area (TPSA) is 78.1 Å². The van der Waals surface area contributed by atoms with Crippen molar-refractivity contribution in [2.75, 3.05) is 32.7 Å². The molecular weight excluding hydrogens is 330 g/mol. The van der Waals surface area contributed by atoms with Crippen LogP contribution in [-0.2, 0) is 11.3 Å². The largest absolute Gasteiger partial charge is 0.493 e. The Morgan fingerprint density at radius 2 is 1.77 bits per heavy atom. The first kappa shape index (κ1) is 19.6.